The maximum atomic E-state index is 9.95. The molecule has 1 aromatic rings. The summed E-state index contributed by atoms with van der Waals surface area (Å²) in [6, 6.07) is 7.84. The van der Waals surface area contributed by atoms with E-state index in [-0.39, 0.29) is 0 Å². The standard InChI is InChI=1S/C13H20O2/c1-10-7-6-8-11(9-10)15-13(4,5)12(2,3)14/h6-9,14H,1-5H3. The van der Waals surface area contributed by atoms with Gasteiger partial charge in [0.25, 0.3) is 0 Å². The Morgan fingerprint density at radius 1 is 1.13 bits per heavy atom. The minimum absolute atomic E-state index is 0.610. The van der Waals surface area contributed by atoms with Crippen LogP contribution in [0.15, 0.2) is 24.3 Å². The number of benzene rings is 1. The lowest BCUT2D eigenvalue weighted by Gasteiger charge is -2.37. The average Bonchev–Trinajstić information content (AvgIpc) is 2.00. The maximum absolute atomic E-state index is 9.95. The van der Waals surface area contributed by atoms with Gasteiger partial charge in [0, 0.05) is 0 Å². The van der Waals surface area contributed by atoms with Crippen molar-refractivity contribution in [3.63, 3.8) is 0 Å². The van der Waals surface area contributed by atoms with E-state index in [1.165, 1.54) is 0 Å². The highest BCUT2D eigenvalue weighted by atomic mass is 16.5. The number of aryl methyl sites for hydroxylation is 1. The SMILES string of the molecule is Cc1cccc(OC(C)(C)C(C)(C)O)c1. The predicted molar refractivity (Wildman–Crippen MR) is 62.2 cm³/mol. The van der Waals surface area contributed by atoms with E-state index in [0.29, 0.717) is 0 Å². The van der Waals surface area contributed by atoms with Crippen molar-refractivity contribution < 1.29 is 9.84 Å². The van der Waals surface area contributed by atoms with E-state index in [9.17, 15) is 5.11 Å². The summed E-state index contributed by atoms with van der Waals surface area (Å²) in [5.74, 6) is 0.794. The van der Waals surface area contributed by atoms with Gasteiger partial charge in [0.1, 0.15) is 11.4 Å². The molecule has 0 aliphatic rings. The van der Waals surface area contributed by atoms with Crippen LogP contribution in [0.3, 0.4) is 0 Å². The first kappa shape index (κ1) is 12.1. The van der Waals surface area contributed by atoms with E-state index in [4.69, 9.17) is 4.74 Å². The third kappa shape index (κ3) is 2.96. The Bertz CT molecular complexity index is 335. The first-order chi connectivity index (χ1) is 6.72. The van der Waals surface area contributed by atoms with Crippen molar-refractivity contribution in [3.8, 4) is 5.75 Å². The fourth-order valence-corrected chi connectivity index (χ4v) is 1.10. The van der Waals surface area contributed by atoms with Crippen LogP contribution < -0.4 is 4.74 Å². The monoisotopic (exact) mass is 208 g/mol. The van der Waals surface area contributed by atoms with Gasteiger partial charge in [0.05, 0.1) is 5.60 Å². The zero-order chi connectivity index (χ0) is 11.7. The van der Waals surface area contributed by atoms with E-state index < -0.39 is 11.2 Å². The Balaban J connectivity index is 2.87. The van der Waals surface area contributed by atoms with Gasteiger partial charge < -0.3 is 9.84 Å². The van der Waals surface area contributed by atoms with Crippen molar-refractivity contribution in [1.82, 2.24) is 0 Å². The first-order valence-electron chi connectivity index (χ1n) is 5.20. The molecule has 0 fully saturated rings. The van der Waals surface area contributed by atoms with Crippen molar-refractivity contribution in [2.24, 2.45) is 0 Å². The summed E-state index contributed by atoms with van der Waals surface area (Å²) in [7, 11) is 0. The molecule has 0 saturated heterocycles. The third-order valence-corrected chi connectivity index (χ3v) is 2.84. The van der Waals surface area contributed by atoms with E-state index in [2.05, 4.69) is 0 Å². The Hall–Kier alpha value is -1.02. The highest BCUT2D eigenvalue weighted by molar-refractivity contribution is 5.28. The lowest BCUT2D eigenvalue weighted by molar-refractivity contribution is -0.0906. The molecule has 0 saturated carbocycles. The largest absolute Gasteiger partial charge is 0.485 e. The molecule has 0 aliphatic carbocycles. The van der Waals surface area contributed by atoms with Crippen LogP contribution in [0.5, 0.6) is 5.75 Å². The predicted octanol–water partition coefficient (Wildman–Crippen LogP) is 2.92. The molecule has 15 heavy (non-hydrogen) atoms. The molecule has 0 atom stereocenters. The zero-order valence-electron chi connectivity index (χ0n) is 10.2. The minimum Gasteiger partial charge on any atom is -0.485 e. The second-order valence-electron chi connectivity index (χ2n) is 4.99. The third-order valence-electron chi connectivity index (χ3n) is 2.84. The molecule has 0 bridgehead atoms. The average molecular weight is 208 g/mol. The normalized spacial score (nSPS) is 12.7. The molecular formula is C13H20O2. The van der Waals surface area contributed by atoms with E-state index >= 15 is 0 Å². The van der Waals surface area contributed by atoms with Crippen molar-refractivity contribution >= 4 is 0 Å². The molecular weight excluding hydrogens is 188 g/mol. The van der Waals surface area contributed by atoms with E-state index in [1.807, 2.05) is 45.0 Å². The lowest BCUT2D eigenvalue weighted by Crippen LogP contribution is -2.49. The van der Waals surface area contributed by atoms with E-state index in [0.717, 1.165) is 11.3 Å². The summed E-state index contributed by atoms with van der Waals surface area (Å²) in [4.78, 5) is 0. The minimum atomic E-state index is -0.878. The number of ether oxygens (including phenoxy) is 1. The van der Waals surface area contributed by atoms with Gasteiger partial charge in [-0.15, -0.1) is 0 Å². The first-order valence-corrected chi connectivity index (χ1v) is 5.20. The Kier molecular flexibility index (Phi) is 3.10. The molecule has 0 amide bonds. The Morgan fingerprint density at radius 2 is 1.73 bits per heavy atom. The molecule has 2 heteroatoms. The molecule has 0 heterocycles. The van der Waals surface area contributed by atoms with Crippen LogP contribution in [0.2, 0.25) is 0 Å². The molecule has 0 aliphatic heterocycles. The van der Waals surface area contributed by atoms with Gasteiger partial charge in [-0.3, -0.25) is 0 Å². The molecule has 1 aromatic carbocycles. The number of hydrogen-bond donors (Lipinski definition) is 1. The van der Waals surface area contributed by atoms with Crippen LogP contribution >= 0.6 is 0 Å². The quantitative estimate of drug-likeness (QED) is 0.827. The lowest BCUT2D eigenvalue weighted by atomic mass is 9.89. The fourth-order valence-electron chi connectivity index (χ4n) is 1.10. The molecule has 0 radical (unpaired) electrons. The summed E-state index contributed by atoms with van der Waals surface area (Å²) >= 11 is 0. The molecule has 0 aromatic heterocycles. The summed E-state index contributed by atoms with van der Waals surface area (Å²) in [5, 5.41) is 9.95. The summed E-state index contributed by atoms with van der Waals surface area (Å²) in [5.41, 5.74) is -0.337. The summed E-state index contributed by atoms with van der Waals surface area (Å²) in [6.07, 6.45) is 0. The molecule has 84 valence electrons. The highest BCUT2D eigenvalue weighted by Crippen LogP contribution is 2.27. The van der Waals surface area contributed by atoms with Crippen molar-refractivity contribution in [2.75, 3.05) is 0 Å². The van der Waals surface area contributed by atoms with E-state index in [1.54, 1.807) is 13.8 Å². The van der Waals surface area contributed by atoms with Gasteiger partial charge in [-0.1, -0.05) is 12.1 Å². The van der Waals surface area contributed by atoms with Crippen molar-refractivity contribution in [3.05, 3.63) is 29.8 Å². The smallest absolute Gasteiger partial charge is 0.131 e. The second kappa shape index (κ2) is 3.86. The molecule has 0 unspecified atom stereocenters. The maximum Gasteiger partial charge on any atom is 0.131 e. The Morgan fingerprint density at radius 3 is 2.20 bits per heavy atom. The van der Waals surface area contributed by atoms with Gasteiger partial charge in [-0.25, -0.2) is 0 Å². The number of aliphatic hydroxyl groups is 1. The van der Waals surface area contributed by atoms with Gasteiger partial charge in [0.15, 0.2) is 0 Å². The molecule has 1 N–H and O–H groups in total. The van der Waals surface area contributed by atoms with Crippen molar-refractivity contribution in [1.29, 1.82) is 0 Å². The van der Waals surface area contributed by atoms with Gasteiger partial charge >= 0.3 is 0 Å². The number of hydrogen-bond acceptors (Lipinski definition) is 2. The molecule has 0 spiro atoms. The molecule has 2 nitrogen and oxygen atoms in total. The Labute approximate surface area is 91.9 Å². The zero-order valence-corrected chi connectivity index (χ0v) is 10.2. The highest BCUT2D eigenvalue weighted by Gasteiger charge is 2.37. The number of rotatable bonds is 3. The van der Waals surface area contributed by atoms with Gasteiger partial charge in [0.2, 0.25) is 0 Å². The van der Waals surface area contributed by atoms with Gasteiger partial charge in [-0.05, 0) is 52.3 Å². The van der Waals surface area contributed by atoms with Gasteiger partial charge in [-0.2, -0.15) is 0 Å². The van der Waals surface area contributed by atoms with Crippen LogP contribution in [0.25, 0.3) is 0 Å². The van der Waals surface area contributed by atoms with Crippen LogP contribution in [0.1, 0.15) is 33.3 Å². The second-order valence-corrected chi connectivity index (χ2v) is 4.99. The van der Waals surface area contributed by atoms with Crippen LogP contribution in [-0.4, -0.2) is 16.3 Å². The molecule has 1 rings (SSSR count). The summed E-state index contributed by atoms with van der Waals surface area (Å²) < 4.78 is 5.80. The fraction of sp³-hybridized carbons (Fsp3) is 0.538. The van der Waals surface area contributed by atoms with Crippen molar-refractivity contribution in [2.45, 2.75) is 45.8 Å². The summed E-state index contributed by atoms with van der Waals surface area (Å²) in [6.45, 7) is 9.29. The topological polar surface area (TPSA) is 29.5 Å². The van der Waals surface area contributed by atoms with Crippen LogP contribution in [0, 0.1) is 6.92 Å². The van der Waals surface area contributed by atoms with Crippen LogP contribution in [0.4, 0.5) is 0 Å². The van der Waals surface area contributed by atoms with Crippen LogP contribution in [-0.2, 0) is 0 Å².